The fourth-order valence-corrected chi connectivity index (χ4v) is 2.99. The zero-order valence-electron chi connectivity index (χ0n) is 11.9. The lowest BCUT2D eigenvalue weighted by molar-refractivity contribution is 0.0853. The van der Waals surface area contributed by atoms with Gasteiger partial charge in [0.1, 0.15) is 0 Å². The molecule has 5 heteroatoms. The van der Waals surface area contributed by atoms with Crippen molar-refractivity contribution in [3.05, 3.63) is 28.8 Å². The van der Waals surface area contributed by atoms with Crippen molar-refractivity contribution < 1.29 is 4.79 Å². The van der Waals surface area contributed by atoms with Crippen molar-refractivity contribution >= 4 is 35.6 Å². The van der Waals surface area contributed by atoms with Crippen LogP contribution >= 0.6 is 24.0 Å². The first-order chi connectivity index (χ1) is 8.90. The summed E-state index contributed by atoms with van der Waals surface area (Å²) < 4.78 is 0. The fraction of sp³-hybridized carbons (Fsp3) is 0.533. The summed E-state index contributed by atoms with van der Waals surface area (Å²) in [5.74, 6) is -0.107. The van der Waals surface area contributed by atoms with E-state index < -0.39 is 0 Å². The number of hydrogen-bond donors (Lipinski definition) is 2. The van der Waals surface area contributed by atoms with Gasteiger partial charge in [-0.2, -0.15) is 0 Å². The Kier molecular flexibility index (Phi) is 5.72. The summed E-state index contributed by atoms with van der Waals surface area (Å²) in [6, 6.07) is 5.21. The van der Waals surface area contributed by atoms with E-state index in [0.717, 1.165) is 12.8 Å². The summed E-state index contributed by atoms with van der Waals surface area (Å²) in [6.07, 6.45) is 4.59. The predicted octanol–water partition coefficient (Wildman–Crippen LogP) is 4.04. The summed E-state index contributed by atoms with van der Waals surface area (Å²) in [4.78, 5) is 12.3. The Bertz CT molecular complexity index is 489. The number of amides is 1. The van der Waals surface area contributed by atoms with Crippen LogP contribution in [0.3, 0.4) is 0 Å². The molecule has 1 fully saturated rings. The van der Waals surface area contributed by atoms with Crippen molar-refractivity contribution in [2.45, 2.75) is 45.6 Å². The van der Waals surface area contributed by atoms with Crippen molar-refractivity contribution in [3.8, 4) is 0 Å². The second-order valence-electron chi connectivity index (χ2n) is 6.00. The molecular weight excluding hydrogens is 295 g/mol. The van der Waals surface area contributed by atoms with E-state index in [9.17, 15) is 4.79 Å². The Morgan fingerprint density at radius 2 is 2.10 bits per heavy atom. The monoisotopic (exact) mass is 316 g/mol. The van der Waals surface area contributed by atoms with Gasteiger partial charge in [-0.15, -0.1) is 12.4 Å². The second-order valence-corrected chi connectivity index (χ2v) is 6.41. The van der Waals surface area contributed by atoms with E-state index in [2.05, 4.69) is 19.2 Å². The summed E-state index contributed by atoms with van der Waals surface area (Å²) in [7, 11) is 0. The van der Waals surface area contributed by atoms with Gasteiger partial charge in [-0.05, 0) is 36.5 Å². The highest BCUT2D eigenvalue weighted by Gasteiger charge is 2.33. The van der Waals surface area contributed by atoms with E-state index in [1.807, 2.05) is 0 Å². The maximum absolute atomic E-state index is 12.3. The normalized spacial score (nSPS) is 20.9. The molecule has 0 heterocycles. The first-order valence-corrected chi connectivity index (χ1v) is 7.14. The van der Waals surface area contributed by atoms with Crippen LogP contribution in [0.15, 0.2) is 18.2 Å². The Balaban J connectivity index is 0.00000200. The van der Waals surface area contributed by atoms with Crippen LogP contribution < -0.4 is 11.1 Å². The molecule has 1 amide bonds. The van der Waals surface area contributed by atoms with Crippen LogP contribution in [-0.2, 0) is 0 Å². The molecule has 0 aliphatic heterocycles. The van der Waals surface area contributed by atoms with E-state index in [4.69, 9.17) is 17.3 Å². The van der Waals surface area contributed by atoms with Crippen LogP contribution in [0.5, 0.6) is 0 Å². The third-order valence-corrected chi connectivity index (χ3v) is 4.36. The van der Waals surface area contributed by atoms with Crippen molar-refractivity contribution in [3.63, 3.8) is 0 Å². The fourth-order valence-electron chi connectivity index (χ4n) is 2.71. The number of rotatable bonds is 2. The molecule has 0 spiro atoms. The summed E-state index contributed by atoms with van der Waals surface area (Å²) in [5, 5.41) is 3.53. The lowest BCUT2D eigenvalue weighted by Gasteiger charge is -2.39. The molecule has 1 aliphatic carbocycles. The molecule has 0 saturated heterocycles. The number of nitrogen functional groups attached to an aromatic ring is 1. The smallest absolute Gasteiger partial charge is 0.253 e. The van der Waals surface area contributed by atoms with Gasteiger partial charge in [-0.25, -0.2) is 0 Å². The molecule has 3 N–H and O–H groups in total. The molecule has 2 rings (SSSR count). The number of hydrogen-bond acceptors (Lipinski definition) is 2. The summed E-state index contributed by atoms with van der Waals surface area (Å²) in [6.45, 7) is 4.42. The van der Waals surface area contributed by atoms with Gasteiger partial charge in [0.05, 0.1) is 10.6 Å². The van der Waals surface area contributed by atoms with E-state index in [1.54, 1.807) is 18.2 Å². The highest BCUT2D eigenvalue weighted by atomic mass is 35.5. The second kappa shape index (κ2) is 6.68. The van der Waals surface area contributed by atoms with Crippen LogP contribution in [0.25, 0.3) is 0 Å². The molecule has 0 aromatic heterocycles. The first-order valence-electron chi connectivity index (χ1n) is 6.76. The van der Waals surface area contributed by atoms with E-state index >= 15 is 0 Å². The van der Waals surface area contributed by atoms with Crippen molar-refractivity contribution in [2.24, 2.45) is 5.41 Å². The maximum Gasteiger partial charge on any atom is 0.253 e. The number of nitrogens with one attached hydrogen (secondary N) is 1. The van der Waals surface area contributed by atoms with Gasteiger partial charge in [0.25, 0.3) is 5.91 Å². The molecular formula is C15H22Cl2N2O. The predicted molar refractivity (Wildman–Crippen MR) is 86.6 cm³/mol. The molecule has 1 aliphatic rings. The molecule has 3 nitrogen and oxygen atoms in total. The van der Waals surface area contributed by atoms with E-state index in [0.29, 0.717) is 16.3 Å². The Morgan fingerprint density at radius 1 is 1.40 bits per heavy atom. The van der Waals surface area contributed by atoms with Gasteiger partial charge >= 0.3 is 0 Å². The van der Waals surface area contributed by atoms with Crippen molar-refractivity contribution in [1.29, 1.82) is 0 Å². The molecule has 1 aromatic rings. The zero-order valence-corrected chi connectivity index (χ0v) is 13.5. The topological polar surface area (TPSA) is 55.1 Å². The minimum atomic E-state index is -0.107. The standard InChI is InChI=1S/C15H21ClN2O.ClH/c1-15(2)8-4-3-5-13(15)18-14(19)11-7-6-10(17)9-12(11)16;/h6-7,9,13H,3-5,8,17H2,1-2H3,(H,18,19);1H. The highest BCUT2D eigenvalue weighted by Crippen LogP contribution is 2.35. The highest BCUT2D eigenvalue weighted by molar-refractivity contribution is 6.34. The molecule has 112 valence electrons. The first kappa shape index (κ1) is 17.1. The quantitative estimate of drug-likeness (QED) is 0.809. The number of halogens is 2. The lowest BCUT2D eigenvalue weighted by Crippen LogP contribution is -2.46. The minimum absolute atomic E-state index is 0. The van der Waals surface area contributed by atoms with Gasteiger partial charge in [0, 0.05) is 11.7 Å². The van der Waals surface area contributed by atoms with Gasteiger partial charge in [-0.3, -0.25) is 4.79 Å². The zero-order chi connectivity index (χ0) is 14.0. The number of nitrogens with two attached hydrogens (primary N) is 1. The SMILES string of the molecule is CC1(C)CCCCC1NC(=O)c1ccc(N)cc1Cl.Cl. The number of benzene rings is 1. The van der Waals surface area contributed by atoms with Crippen LogP contribution in [0.1, 0.15) is 49.9 Å². The Morgan fingerprint density at radius 3 is 2.70 bits per heavy atom. The van der Waals surface area contributed by atoms with Crippen LogP contribution in [0.2, 0.25) is 5.02 Å². The summed E-state index contributed by atoms with van der Waals surface area (Å²) >= 11 is 6.07. The van der Waals surface area contributed by atoms with Crippen molar-refractivity contribution in [1.82, 2.24) is 5.32 Å². The molecule has 0 radical (unpaired) electrons. The average Bonchev–Trinajstić information content (AvgIpc) is 2.31. The maximum atomic E-state index is 12.3. The van der Waals surface area contributed by atoms with Gasteiger partial charge < -0.3 is 11.1 Å². The molecule has 1 saturated carbocycles. The average molecular weight is 317 g/mol. The molecule has 1 aromatic carbocycles. The van der Waals surface area contributed by atoms with Crippen LogP contribution in [0, 0.1) is 5.41 Å². The molecule has 1 unspecified atom stereocenters. The third-order valence-electron chi connectivity index (χ3n) is 4.05. The molecule has 0 bridgehead atoms. The van der Waals surface area contributed by atoms with Gasteiger partial charge in [0.2, 0.25) is 0 Å². The van der Waals surface area contributed by atoms with Crippen LogP contribution in [-0.4, -0.2) is 11.9 Å². The Hall–Kier alpha value is -0.930. The van der Waals surface area contributed by atoms with Gasteiger partial charge in [-0.1, -0.05) is 38.3 Å². The number of carbonyl (C=O) groups is 1. The lowest BCUT2D eigenvalue weighted by atomic mass is 9.73. The minimum Gasteiger partial charge on any atom is -0.399 e. The summed E-state index contributed by atoms with van der Waals surface area (Å²) in [5.41, 5.74) is 6.85. The number of carbonyl (C=O) groups excluding carboxylic acids is 1. The Labute approximate surface area is 131 Å². The van der Waals surface area contributed by atoms with Crippen LogP contribution in [0.4, 0.5) is 5.69 Å². The van der Waals surface area contributed by atoms with Gasteiger partial charge in [0.15, 0.2) is 0 Å². The third kappa shape index (κ3) is 3.80. The van der Waals surface area contributed by atoms with E-state index in [-0.39, 0.29) is 29.8 Å². The molecule has 1 atom stereocenters. The molecule has 20 heavy (non-hydrogen) atoms. The van der Waals surface area contributed by atoms with Crippen molar-refractivity contribution in [2.75, 3.05) is 5.73 Å². The largest absolute Gasteiger partial charge is 0.399 e. The number of anilines is 1. The van der Waals surface area contributed by atoms with E-state index in [1.165, 1.54) is 12.8 Å².